The number of carbonyl (C=O) groups excluding carboxylic acids is 1. The van der Waals surface area contributed by atoms with E-state index in [4.69, 9.17) is 5.73 Å². The van der Waals surface area contributed by atoms with Gasteiger partial charge in [0.1, 0.15) is 0 Å². The molecule has 2 atom stereocenters. The molecule has 0 aliphatic heterocycles. The largest absolute Gasteiger partial charge is 0.326 e. The third-order valence-corrected chi connectivity index (χ3v) is 4.73. The van der Waals surface area contributed by atoms with E-state index < -0.39 is 0 Å². The smallest absolute Gasteiger partial charge is 0.229 e. The van der Waals surface area contributed by atoms with Gasteiger partial charge in [0.15, 0.2) is 0 Å². The number of thioether (sulfide) groups is 1. The summed E-state index contributed by atoms with van der Waals surface area (Å²) in [4.78, 5) is 12.4. The minimum absolute atomic E-state index is 0. The lowest BCUT2D eigenvalue weighted by Crippen LogP contribution is -2.51. The van der Waals surface area contributed by atoms with E-state index in [9.17, 15) is 4.79 Å². The third kappa shape index (κ3) is 4.90. The Hall–Kier alpha value is -0.710. The van der Waals surface area contributed by atoms with Gasteiger partial charge in [-0.2, -0.15) is 11.8 Å². The summed E-state index contributed by atoms with van der Waals surface area (Å²) in [5.41, 5.74) is 8.04. The van der Waals surface area contributed by atoms with E-state index in [0.717, 1.165) is 37.1 Å². The number of amides is 1. The molecule has 5 heteroatoms. The first-order valence-electron chi connectivity index (χ1n) is 7.20. The standard InChI is InChI=1S/C16H24N2OS.ClH/c1-16(17)10-4-3-5-14(16)15(19)18-13-8-6-12(7-9-13)11-20-2;/h6-9,14H,3-5,10-11,17H2,1-2H3,(H,18,19);1H. The number of hydrogen-bond donors (Lipinski definition) is 2. The summed E-state index contributed by atoms with van der Waals surface area (Å²) in [7, 11) is 0. The molecule has 2 rings (SSSR count). The molecule has 1 saturated carbocycles. The van der Waals surface area contributed by atoms with Crippen molar-refractivity contribution < 1.29 is 4.79 Å². The first kappa shape index (κ1) is 18.3. The van der Waals surface area contributed by atoms with Crippen LogP contribution < -0.4 is 11.1 Å². The van der Waals surface area contributed by atoms with Gasteiger partial charge in [-0.25, -0.2) is 0 Å². The van der Waals surface area contributed by atoms with Gasteiger partial charge >= 0.3 is 0 Å². The highest BCUT2D eigenvalue weighted by Crippen LogP contribution is 2.32. The van der Waals surface area contributed by atoms with Gasteiger partial charge in [-0.1, -0.05) is 25.0 Å². The van der Waals surface area contributed by atoms with E-state index in [1.165, 1.54) is 5.56 Å². The van der Waals surface area contributed by atoms with Crippen molar-refractivity contribution >= 4 is 35.8 Å². The van der Waals surface area contributed by atoms with Gasteiger partial charge in [0, 0.05) is 17.0 Å². The molecule has 2 unspecified atom stereocenters. The second-order valence-electron chi connectivity index (χ2n) is 5.92. The number of rotatable bonds is 4. The number of benzene rings is 1. The van der Waals surface area contributed by atoms with Crippen LogP contribution >= 0.6 is 24.2 Å². The normalized spacial score (nSPS) is 25.0. The fraction of sp³-hybridized carbons (Fsp3) is 0.562. The van der Waals surface area contributed by atoms with E-state index in [-0.39, 0.29) is 29.8 Å². The van der Waals surface area contributed by atoms with Gasteiger partial charge in [0.25, 0.3) is 0 Å². The van der Waals surface area contributed by atoms with Crippen LogP contribution in [0, 0.1) is 5.92 Å². The molecule has 1 aromatic carbocycles. The Balaban J connectivity index is 0.00000220. The van der Waals surface area contributed by atoms with E-state index in [0.29, 0.717) is 0 Å². The molecule has 21 heavy (non-hydrogen) atoms. The summed E-state index contributed by atoms with van der Waals surface area (Å²) in [6.07, 6.45) is 6.12. The highest BCUT2D eigenvalue weighted by molar-refractivity contribution is 7.97. The molecule has 1 aromatic rings. The third-order valence-electron chi connectivity index (χ3n) is 4.10. The lowest BCUT2D eigenvalue weighted by atomic mass is 9.74. The Kier molecular flexibility index (Phi) is 7.04. The number of carbonyl (C=O) groups is 1. The predicted molar refractivity (Wildman–Crippen MR) is 94.1 cm³/mol. The van der Waals surface area contributed by atoms with Crippen LogP contribution in [-0.2, 0) is 10.5 Å². The summed E-state index contributed by atoms with van der Waals surface area (Å²) in [5, 5.41) is 3.01. The van der Waals surface area contributed by atoms with Crippen LogP contribution in [0.15, 0.2) is 24.3 Å². The van der Waals surface area contributed by atoms with Crippen molar-refractivity contribution in [1.82, 2.24) is 0 Å². The molecule has 0 aromatic heterocycles. The zero-order chi connectivity index (χ0) is 14.6. The molecule has 1 aliphatic carbocycles. The highest BCUT2D eigenvalue weighted by atomic mass is 35.5. The van der Waals surface area contributed by atoms with Gasteiger partial charge in [0.05, 0.1) is 5.92 Å². The number of hydrogen-bond acceptors (Lipinski definition) is 3. The molecule has 3 nitrogen and oxygen atoms in total. The van der Waals surface area contributed by atoms with Gasteiger partial charge in [0.2, 0.25) is 5.91 Å². The summed E-state index contributed by atoms with van der Waals surface area (Å²) in [6.45, 7) is 2.00. The molecular formula is C16H25ClN2OS. The van der Waals surface area contributed by atoms with Crippen LogP contribution in [0.1, 0.15) is 38.2 Å². The minimum Gasteiger partial charge on any atom is -0.326 e. The minimum atomic E-state index is -0.374. The van der Waals surface area contributed by atoms with Crippen molar-refractivity contribution in [1.29, 1.82) is 0 Å². The highest BCUT2D eigenvalue weighted by Gasteiger charge is 2.37. The van der Waals surface area contributed by atoms with Gasteiger partial charge in [-0.15, -0.1) is 12.4 Å². The monoisotopic (exact) mass is 328 g/mol. The SMILES string of the molecule is CSCc1ccc(NC(=O)C2CCCCC2(C)N)cc1.Cl. The van der Waals surface area contributed by atoms with Crippen LogP contribution in [0.5, 0.6) is 0 Å². The first-order chi connectivity index (χ1) is 9.53. The number of nitrogens with two attached hydrogens (primary N) is 1. The molecular weight excluding hydrogens is 304 g/mol. The fourth-order valence-electron chi connectivity index (χ4n) is 2.87. The van der Waals surface area contributed by atoms with Crippen molar-refractivity contribution in [2.75, 3.05) is 11.6 Å². The van der Waals surface area contributed by atoms with Gasteiger partial charge in [-0.3, -0.25) is 4.79 Å². The van der Waals surface area contributed by atoms with Crippen molar-refractivity contribution in [3.8, 4) is 0 Å². The first-order valence-corrected chi connectivity index (χ1v) is 8.60. The van der Waals surface area contributed by atoms with Crippen LogP contribution in [0.3, 0.4) is 0 Å². The molecule has 0 saturated heterocycles. The quantitative estimate of drug-likeness (QED) is 0.883. The van der Waals surface area contributed by atoms with Crippen molar-refractivity contribution in [2.45, 2.75) is 43.9 Å². The van der Waals surface area contributed by atoms with Crippen LogP contribution in [0.2, 0.25) is 0 Å². The Morgan fingerprint density at radius 2 is 2.05 bits per heavy atom. The maximum Gasteiger partial charge on any atom is 0.229 e. The maximum absolute atomic E-state index is 12.4. The predicted octanol–water partition coefficient (Wildman–Crippen LogP) is 3.82. The summed E-state index contributed by atoms with van der Waals surface area (Å²) in [6, 6.07) is 8.07. The van der Waals surface area contributed by atoms with Gasteiger partial charge < -0.3 is 11.1 Å². The topological polar surface area (TPSA) is 55.1 Å². The Morgan fingerprint density at radius 3 is 2.62 bits per heavy atom. The second kappa shape index (κ2) is 8.06. The van der Waals surface area contributed by atoms with Crippen LogP contribution in [0.25, 0.3) is 0 Å². The number of anilines is 1. The molecule has 0 spiro atoms. The van der Waals surface area contributed by atoms with E-state index in [2.05, 4.69) is 23.7 Å². The summed E-state index contributed by atoms with van der Waals surface area (Å²) < 4.78 is 0. The fourth-order valence-corrected chi connectivity index (χ4v) is 3.40. The van der Waals surface area contributed by atoms with Crippen LogP contribution in [0.4, 0.5) is 5.69 Å². The molecule has 1 aliphatic rings. The Bertz CT molecular complexity index is 462. The van der Waals surface area contributed by atoms with Gasteiger partial charge in [-0.05, 0) is 43.7 Å². The molecule has 0 bridgehead atoms. The molecule has 118 valence electrons. The summed E-state index contributed by atoms with van der Waals surface area (Å²) >= 11 is 1.79. The maximum atomic E-state index is 12.4. The lowest BCUT2D eigenvalue weighted by molar-refractivity contribution is -0.122. The van der Waals surface area contributed by atoms with Crippen molar-refractivity contribution in [2.24, 2.45) is 11.7 Å². The number of nitrogens with one attached hydrogen (secondary N) is 1. The van der Waals surface area contributed by atoms with Crippen molar-refractivity contribution in [3.05, 3.63) is 29.8 Å². The molecule has 3 N–H and O–H groups in total. The summed E-state index contributed by atoms with van der Waals surface area (Å²) in [5.74, 6) is 0.979. The molecule has 0 heterocycles. The lowest BCUT2D eigenvalue weighted by Gasteiger charge is -2.37. The number of halogens is 1. The van der Waals surface area contributed by atoms with E-state index in [1.807, 2.05) is 19.1 Å². The Labute approximate surface area is 137 Å². The molecule has 1 amide bonds. The van der Waals surface area contributed by atoms with E-state index >= 15 is 0 Å². The Morgan fingerprint density at radius 1 is 1.38 bits per heavy atom. The average molecular weight is 329 g/mol. The zero-order valence-electron chi connectivity index (χ0n) is 12.7. The molecule has 1 fully saturated rings. The van der Waals surface area contributed by atoms with E-state index in [1.54, 1.807) is 11.8 Å². The zero-order valence-corrected chi connectivity index (χ0v) is 14.4. The molecule has 0 radical (unpaired) electrons. The van der Waals surface area contributed by atoms with Crippen LogP contribution in [-0.4, -0.2) is 17.7 Å². The van der Waals surface area contributed by atoms with Crippen molar-refractivity contribution in [3.63, 3.8) is 0 Å². The second-order valence-corrected chi connectivity index (χ2v) is 6.79. The average Bonchev–Trinajstić information content (AvgIpc) is 2.40.